The number of hydrogen-bond acceptors (Lipinski definition) is 8. The standard InChI is InChI=1S/C23H29ClFN7O2S/c1-13-7-20(27-23-26-10-18(24)22(29-23)28-21-8-14(2)30-31-21)19(25)9-17(13)15-3-5-32(6-4-15)16-11-35(33,34)12-16/h7-10,15-16,33-34H,3-6,11-12H2,1-2H3,(H3,26,27,28,29,30,31). The minimum atomic E-state index is -2.33. The Bertz CT molecular complexity index is 1220. The van der Waals surface area contributed by atoms with E-state index in [0.717, 1.165) is 42.8 Å². The van der Waals surface area contributed by atoms with Crippen LogP contribution in [-0.2, 0) is 0 Å². The zero-order chi connectivity index (χ0) is 24.7. The van der Waals surface area contributed by atoms with E-state index in [0.29, 0.717) is 33.9 Å². The lowest BCUT2D eigenvalue weighted by Gasteiger charge is -2.52. The second-order valence-corrected chi connectivity index (χ2v) is 12.0. The van der Waals surface area contributed by atoms with Crippen LogP contribution in [0.4, 0.5) is 27.7 Å². The van der Waals surface area contributed by atoms with Crippen molar-refractivity contribution in [2.45, 2.75) is 38.6 Å². The minimum Gasteiger partial charge on any atom is -0.322 e. The van der Waals surface area contributed by atoms with Crippen molar-refractivity contribution < 1.29 is 13.5 Å². The summed E-state index contributed by atoms with van der Waals surface area (Å²) in [4.78, 5) is 10.9. The topological polar surface area (TPSA) is 122 Å². The number of rotatable bonds is 6. The van der Waals surface area contributed by atoms with Gasteiger partial charge in [-0.25, -0.2) is 9.37 Å². The average molecular weight is 522 g/mol. The number of hydrogen-bond donors (Lipinski definition) is 5. The predicted octanol–water partition coefficient (Wildman–Crippen LogP) is 5.41. The summed E-state index contributed by atoms with van der Waals surface area (Å²) in [5.41, 5.74) is 3.20. The number of nitrogens with one attached hydrogen (secondary N) is 3. The van der Waals surface area contributed by atoms with Gasteiger partial charge in [0.15, 0.2) is 11.6 Å². The number of halogens is 2. The van der Waals surface area contributed by atoms with Gasteiger partial charge in [-0.15, -0.1) is 0 Å². The maximum atomic E-state index is 15.1. The maximum Gasteiger partial charge on any atom is 0.229 e. The van der Waals surface area contributed by atoms with E-state index in [9.17, 15) is 9.11 Å². The highest BCUT2D eigenvalue weighted by Gasteiger charge is 2.39. The number of likely N-dealkylation sites (tertiary alicyclic amines) is 1. The number of benzene rings is 1. The molecule has 3 aromatic rings. The lowest BCUT2D eigenvalue weighted by molar-refractivity contribution is 0.160. The van der Waals surface area contributed by atoms with Crippen molar-refractivity contribution in [3.05, 3.63) is 52.1 Å². The molecule has 0 atom stereocenters. The van der Waals surface area contributed by atoms with Gasteiger partial charge < -0.3 is 10.6 Å². The number of aromatic nitrogens is 4. The van der Waals surface area contributed by atoms with E-state index in [1.54, 1.807) is 12.1 Å². The maximum absolute atomic E-state index is 15.1. The van der Waals surface area contributed by atoms with Crippen LogP contribution in [0.15, 0.2) is 24.4 Å². The fourth-order valence-corrected chi connectivity index (χ4v) is 6.52. The molecular formula is C23H29ClFN7O2S. The van der Waals surface area contributed by atoms with Gasteiger partial charge in [-0.05, 0) is 69.0 Å². The molecule has 0 aliphatic carbocycles. The molecule has 1 aromatic carbocycles. The van der Waals surface area contributed by atoms with Crippen LogP contribution in [0.2, 0.25) is 5.02 Å². The van der Waals surface area contributed by atoms with Crippen LogP contribution < -0.4 is 10.6 Å². The van der Waals surface area contributed by atoms with Gasteiger partial charge in [0.1, 0.15) is 10.8 Å². The number of aromatic amines is 1. The molecule has 2 aromatic heterocycles. The Morgan fingerprint density at radius 2 is 1.89 bits per heavy atom. The van der Waals surface area contributed by atoms with Gasteiger partial charge in [0.05, 0.1) is 23.4 Å². The summed E-state index contributed by atoms with van der Waals surface area (Å²) in [7, 11) is -2.33. The quantitative estimate of drug-likeness (QED) is 0.292. The highest BCUT2D eigenvalue weighted by molar-refractivity contribution is 8.25. The van der Waals surface area contributed by atoms with E-state index in [1.807, 2.05) is 19.9 Å². The van der Waals surface area contributed by atoms with Crippen LogP contribution in [0.1, 0.15) is 35.6 Å². The van der Waals surface area contributed by atoms with E-state index in [2.05, 4.69) is 35.7 Å². The summed E-state index contributed by atoms with van der Waals surface area (Å²) in [5.74, 6) is 2.02. The number of H-pyrrole nitrogens is 1. The first-order chi connectivity index (χ1) is 16.7. The third-order valence-electron chi connectivity index (χ3n) is 6.70. The Labute approximate surface area is 209 Å². The molecule has 188 valence electrons. The predicted molar refractivity (Wildman–Crippen MR) is 138 cm³/mol. The molecule has 5 N–H and O–H groups in total. The number of aryl methyl sites for hydroxylation is 2. The number of piperidine rings is 1. The third kappa shape index (κ3) is 5.39. The van der Waals surface area contributed by atoms with Crippen LogP contribution in [0.5, 0.6) is 0 Å². The van der Waals surface area contributed by atoms with Crippen molar-refractivity contribution in [1.82, 2.24) is 25.1 Å². The first-order valence-electron chi connectivity index (χ1n) is 11.5. The highest BCUT2D eigenvalue weighted by Crippen LogP contribution is 2.51. The Morgan fingerprint density at radius 3 is 2.54 bits per heavy atom. The first kappa shape index (κ1) is 24.3. The molecule has 9 nitrogen and oxygen atoms in total. The molecule has 0 spiro atoms. The van der Waals surface area contributed by atoms with Crippen LogP contribution in [0, 0.1) is 19.7 Å². The second kappa shape index (κ2) is 9.55. The summed E-state index contributed by atoms with van der Waals surface area (Å²) in [6.07, 6.45) is 3.29. The Balaban J connectivity index is 1.26. The number of anilines is 4. The summed E-state index contributed by atoms with van der Waals surface area (Å²) < 4.78 is 34.5. The van der Waals surface area contributed by atoms with Crippen molar-refractivity contribution in [2.75, 3.05) is 35.2 Å². The molecule has 35 heavy (non-hydrogen) atoms. The van der Waals surface area contributed by atoms with Crippen LogP contribution >= 0.6 is 22.2 Å². The molecule has 2 aliphatic heterocycles. The van der Waals surface area contributed by atoms with Gasteiger partial charge in [-0.1, -0.05) is 11.6 Å². The molecule has 0 amide bonds. The fourth-order valence-electron chi connectivity index (χ4n) is 4.83. The van der Waals surface area contributed by atoms with Gasteiger partial charge in [0.25, 0.3) is 0 Å². The van der Waals surface area contributed by atoms with Crippen molar-refractivity contribution in [3.63, 3.8) is 0 Å². The highest BCUT2D eigenvalue weighted by atomic mass is 35.5. The van der Waals surface area contributed by atoms with Gasteiger partial charge >= 0.3 is 0 Å². The Kier molecular flexibility index (Phi) is 6.62. The van der Waals surface area contributed by atoms with Crippen LogP contribution in [0.25, 0.3) is 0 Å². The van der Waals surface area contributed by atoms with Crippen molar-refractivity contribution in [2.24, 2.45) is 0 Å². The Morgan fingerprint density at radius 1 is 1.14 bits per heavy atom. The molecule has 0 radical (unpaired) electrons. The van der Waals surface area contributed by atoms with E-state index < -0.39 is 10.6 Å². The molecule has 2 aliphatic rings. The molecule has 12 heteroatoms. The van der Waals surface area contributed by atoms with Crippen molar-refractivity contribution in [3.8, 4) is 0 Å². The van der Waals surface area contributed by atoms with Gasteiger partial charge in [-0.3, -0.25) is 19.1 Å². The van der Waals surface area contributed by atoms with E-state index in [-0.39, 0.29) is 23.7 Å². The van der Waals surface area contributed by atoms with E-state index >= 15 is 4.39 Å². The molecule has 4 heterocycles. The summed E-state index contributed by atoms with van der Waals surface area (Å²) in [6.45, 7) is 5.64. The molecule has 2 saturated heterocycles. The first-order valence-corrected chi connectivity index (χ1v) is 13.8. The third-order valence-corrected chi connectivity index (χ3v) is 8.82. The van der Waals surface area contributed by atoms with Crippen molar-refractivity contribution in [1.29, 1.82) is 0 Å². The van der Waals surface area contributed by atoms with Gasteiger partial charge in [-0.2, -0.15) is 20.7 Å². The van der Waals surface area contributed by atoms with Crippen molar-refractivity contribution >= 4 is 45.5 Å². The molecule has 2 fully saturated rings. The zero-order valence-electron chi connectivity index (χ0n) is 19.6. The fraction of sp³-hybridized carbons (Fsp3) is 0.435. The second-order valence-electron chi connectivity index (χ2n) is 9.36. The lowest BCUT2D eigenvalue weighted by Crippen LogP contribution is -2.53. The van der Waals surface area contributed by atoms with Crippen LogP contribution in [0.3, 0.4) is 0 Å². The summed E-state index contributed by atoms with van der Waals surface area (Å²) in [5, 5.41) is 13.3. The monoisotopic (exact) mass is 521 g/mol. The largest absolute Gasteiger partial charge is 0.322 e. The summed E-state index contributed by atoms with van der Waals surface area (Å²) in [6, 6.07) is 5.48. The Hall–Kier alpha value is -2.44. The SMILES string of the molecule is Cc1cc(Nc2nc(Nc3cc(C)c(C4CCN(C5CS(O)(O)C5)CC4)cc3F)ncc2Cl)n[nH]1. The zero-order valence-corrected chi connectivity index (χ0v) is 21.1. The molecule has 0 unspecified atom stereocenters. The normalized spacial score (nSPS) is 19.8. The van der Waals surface area contributed by atoms with Gasteiger partial charge in [0, 0.05) is 17.8 Å². The van der Waals surface area contributed by atoms with Crippen LogP contribution in [-0.4, -0.2) is 64.8 Å². The van der Waals surface area contributed by atoms with E-state index in [4.69, 9.17) is 11.6 Å². The van der Waals surface area contributed by atoms with E-state index in [1.165, 1.54) is 6.20 Å². The molecule has 0 saturated carbocycles. The molecule has 5 rings (SSSR count). The number of nitrogens with zero attached hydrogens (tertiary/aromatic N) is 4. The minimum absolute atomic E-state index is 0.218. The molecular weight excluding hydrogens is 493 g/mol. The molecule has 0 bridgehead atoms. The van der Waals surface area contributed by atoms with Gasteiger partial charge in [0.2, 0.25) is 5.95 Å². The smallest absolute Gasteiger partial charge is 0.229 e. The summed E-state index contributed by atoms with van der Waals surface area (Å²) >= 11 is 6.22. The lowest BCUT2D eigenvalue weighted by atomic mass is 9.86. The average Bonchev–Trinajstić information content (AvgIpc) is 3.21.